The third-order valence-corrected chi connectivity index (χ3v) is 6.04. The van der Waals surface area contributed by atoms with Gasteiger partial charge in [-0.25, -0.2) is 4.90 Å². The van der Waals surface area contributed by atoms with Gasteiger partial charge in [0, 0.05) is 0 Å². The number of hydrogen-bond donors (Lipinski definition) is 1. The van der Waals surface area contributed by atoms with Crippen LogP contribution in [-0.4, -0.2) is 34.7 Å². The monoisotopic (exact) mass is 361 g/mol. The minimum atomic E-state index is -1.09. The number of aliphatic hydroxyl groups is 1. The van der Waals surface area contributed by atoms with E-state index in [2.05, 4.69) is 0 Å². The lowest BCUT2D eigenvalue weighted by atomic mass is 9.73. The zero-order valence-corrected chi connectivity index (χ0v) is 14.8. The van der Waals surface area contributed by atoms with Crippen LogP contribution in [-0.2, 0) is 14.3 Å². The number of ether oxygens (including phenoxy) is 1. The van der Waals surface area contributed by atoms with Crippen LogP contribution in [0.1, 0.15) is 6.92 Å². The van der Waals surface area contributed by atoms with Crippen LogP contribution in [0.3, 0.4) is 0 Å². The molecular weight excluding hydrogens is 342 g/mol. The standard InChI is InChI=1S/C22H19NO4/c1-21-11-12-22(13-24,27-21)18-17(21)19(25)23(20(18)26)16-9-7-15(8-10-16)14-5-3-2-4-6-14/h2-12,17-18,24H,13H2,1H3/t17-,18+,21+,22+/m1/s1. The second-order valence-electron chi connectivity index (χ2n) is 7.61. The molecule has 0 aliphatic carbocycles. The first-order chi connectivity index (χ1) is 13.0. The summed E-state index contributed by atoms with van der Waals surface area (Å²) < 4.78 is 5.94. The average molecular weight is 361 g/mol. The predicted molar refractivity (Wildman–Crippen MR) is 99.8 cm³/mol. The van der Waals surface area contributed by atoms with Crippen LogP contribution in [0.15, 0.2) is 66.7 Å². The summed E-state index contributed by atoms with van der Waals surface area (Å²) in [7, 11) is 0. The molecule has 3 heterocycles. The highest BCUT2D eigenvalue weighted by Gasteiger charge is 2.72. The average Bonchev–Trinajstić information content (AvgIpc) is 3.28. The lowest BCUT2D eigenvalue weighted by Gasteiger charge is -2.27. The smallest absolute Gasteiger partial charge is 0.241 e. The van der Waals surface area contributed by atoms with Crippen molar-refractivity contribution in [1.29, 1.82) is 0 Å². The van der Waals surface area contributed by atoms with Crippen LogP contribution in [0.4, 0.5) is 5.69 Å². The number of hydrogen-bond acceptors (Lipinski definition) is 4. The van der Waals surface area contributed by atoms with Gasteiger partial charge in [0.05, 0.1) is 29.7 Å². The Balaban J connectivity index is 1.51. The van der Waals surface area contributed by atoms with Crippen LogP contribution in [0, 0.1) is 11.8 Å². The minimum Gasteiger partial charge on any atom is -0.393 e. The fourth-order valence-corrected chi connectivity index (χ4v) is 4.73. The lowest BCUT2D eigenvalue weighted by Crippen LogP contribution is -2.43. The zero-order chi connectivity index (χ0) is 18.8. The van der Waals surface area contributed by atoms with E-state index in [4.69, 9.17) is 4.74 Å². The molecule has 2 amide bonds. The summed E-state index contributed by atoms with van der Waals surface area (Å²) in [4.78, 5) is 27.5. The van der Waals surface area contributed by atoms with Crippen molar-refractivity contribution in [1.82, 2.24) is 0 Å². The van der Waals surface area contributed by atoms with Crippen molar-refractivity contribution in [3.63, 3.8) is 0 Å². The van der Waals surface area contributed by atoms with E-state index in [1.165, 1.54) is 4.90 Å². The van der Waals surface area contributed by atoms with Gasteiger partial charge in [0.2, 0.25) is 11.8 Å². The SMILES string of the molecule is C[C@@]12C=C[C@@](CO)(O1)[C@@H]1C(=O)N(c3ccc(-c4ccccc4)cc3)C(=O)[C@@H]12. The van der Waals surface area contributed by atoms with Gasteiger partial charge in [-0.2, -0.15) is 0 Å². The third kappa shape index (κ3) is 2.07. The molecule has 2 bridgehead atoms. The Morgan fingerprint density at radius 3 is 2.22 bits per heavy atom. The van der Waals surface area contributed by atoms with Gasteiger partial charge in [0.25, 0.3) is 0 Å². The molecule has 1 N–H and O–H groups in total. The molecule has 5 heteroatoms. The molecule has 0 spiro atoms. The number of rotatable bonds is 3. The Morgan fingerprint density at radius 1 is 0.926 bits per heavy atom. The Bertz CT molecular complexity index is 968. The highest BCUT2D eigenvalue weighted by atomic mass is 16.5. The fraction of sp³-hybridized carbons (Fsp3) is 0.273. The van der Waals surface area contributed by atoms with E-state index in [9.17, 15) is 14.7 Å². The topological polar surface area (TPSA) is 66.8 Å². The third-order valence-electron chi connectivity index (χ3n) is 6.04. The van der Waals surface area contributed by atoms with Gasteiger partial charge in [-0.1, -0.05) is 54.6 Å². The first-order valence-electron chi connectivity index (χ1n) is 9.04. The van der Waals surface area contributed by atoms with Crippen molar-refractivity contribution in [3.8, 4) is 11.1 Å². The summed E-state index contributed by atoms with van der Waals surface area (Å²) in [5, 5.41) is 9.87. The highest BCUT2D eigenvalue weighted by molar-refractivity contribution is 6.23. The highest BCUT2D eigenvalue weighted by Crippen LogP contribution is 2.57. The van der Waals surface area contributed by atoms with Crippen LogP contribution in [0.25, 0.3) is 11.1 Å². The van der Waals surface area contributed by atoms with Crippen LogP contribution >= 0.6 is 0 Å². The van der Waals surface area contributed by atoms with Gasteiger partial charge in [0.15, 0.2) is 0 Å². The molecule has 3 aliphatic rings. The summed E-state index contributed by atoms with van der Waals surface area (Å²) >= 11 is 0. The molecular formula is C22H19NO4. The van der Waals surface area contributed by atoms with Gasteiger partial charge in [-0.3, -0.25) is 9.59 Å². The van der Waals surface area contributed by atoms with E-state index in [1.807, 2.05) is 42.5 Å². The molecule has 3 aliphatic heterocycles. The van der Waals surface area contributed by atoms with Crippen LogP contribution < -0.4 is 4.90 Å². The number of anilines is 1. The van der Waals surface area contributed by atoms with Crippen molar-refractivity contribution in [2.45, 2.75) is 18.1 Å². The number of benzene rings is 2. The molecule has 5 nitrogen and oxygen atoms in total. The molecule has 0 radical (unpaired) electrons. The Kier molecular flexibility index (Phi) is 3.27. The zero-order valence-electron chi connectivity index (χ0n) is 14.8. The predicted octanol–water partition coefficient (Wildman–Crippen LogP) is 2.55. The summed E-state index contributed by atoms with van der Waals surface area (Å²) in [5.41, 5.74) is 0.698. The minimum absolute atomic E-state index is 0.264. The molecule has 27 heavy (non-hydrogen) atoms. The Hall–Kier alpha value is -2.76. The van der Waals surface area contributed by atoms with Gasteiger partial charge in [-0.15, -0.1) is 0 Å². The second-order valence-corrected chi connectivity index (χ2v) is 7.61. The van der Waals surface area contributed by atoms with Crippen molar-refractivity contribution >= 4 is 17.5 Å². The molecule has 4 atom stereocenters. The maximum Gasteiger partial charge on any atom is 0.241 e. The second kappa shape index (κ2) is 5.38. The van der Waals surface area contributed by atoms with Crippen molar-refractivity contribution in [2.24, 2.45) is 11.8 Å². The normalized spacial score (nSPS) is 33.8. The summed E-state index contributed by atoms with van der Waals surface area (Å²) in [6.45, 7) is 1.48. The Morgan fingerprint density at radius 2 is 1.56 bits per heavy atom. The largest absolute Gasteiger partial charge is 0.393 e. The van der Waals surface area contributed by atoms with Crippen molar-refractivity contribution < 1.29 is 19.4 Å². The van der Waals surface area contributed by atoms with Gasteiger partial charge < -0.3 is 9.84 Å². The van der Waals surface area contributed by atoms with Crippen molar-refractivity contribution in [2.75, 3.05) is 11.5 Å². The van der Waals surface area contributed by atoms with Gasteiger partial charge in [-0.05, 0) is 30.2 Å². The molecule has 0 aromatic heterocycles. The van der Waals surface area contributed by atoms with Crippen LogP contribution in [0.2, 0.25) is 0 Å². The molecule has 2 saturated heterocycles. The number of imide groups is 1. The van der Waals surface area contributed by atoms with E-state index < -0.39 is 23.0 Å². The number of amides is 2. The molecule has 0 unspecified atom stereocenters. The summed E-state index contributed by atoms with van der Waals surface area (Å²) in [5.74, 6) is -1.85. The maximum absolute atomic E-state index is 13.1. The summed E-state index contributed by atoms with van der Waals surface area (Å²) in [6, 6.07) is 17.3. The van der Waals surface area contributed by atoms with E-state index >= 15 is 0 Å². The van der Waals surface area contributed by atoms with Gasteiger partial charge >= 0.3 is 0 Å². The maximum atomic E-state index is 13.1. The van der Waals surface area contributed by atoms with Crippen LogP contribution in [0.5, 0.6) is 0 Å². The van der Waals surface area contributed by atoms with E-state index in [0.29, 0.717) is 5.69 Å². The molecule has 0 saturated carbocycles. The van der Waals surface area contributed by atoms with Gasteiger partial charge in [0.1, 0.15) is 5.60 Å². The molecule has 2 aromatic carbocycles. The molecule has 2 fully saturated rings. The first-order valence-corrected chi connectivity index (χ1v) is 9.04. The number of nitrogens with zero attached hydrogens (tertiary/aromatic N) is 1. The number of carbonyl (C=O) groups excluding carboxylic acids is 2. The van der Waals surface area contributed by atoms with E-state index in [1.54, 1.807) is 31.2 Å². The molecule has 136 valence electrons. The summed E-state index contributed by atoms with van der Waals surface area (Å²) in [6.07, 6.45) is 3.54. The fourth-order valence-electron chi connectivity index (χ4n) is 4.73. The van der Waals surface area contributed by atoms with E-state index in [-0.39, 0.29) is 18.4 Å². The van der Waals surface area contributed by atoms with Crippen molar-refractivity contribution in [3.05, 3.63) is 66.7 Å². The lowest BCUT2D eigenvalue weighted by molar-refractivity contribution is -0.131. The molecule has 5 rings (SSSR count). The molecule has 2 aromatic rings. The number of fused-ring (bicyclic) bond motifs is 5. The van der Waals surface area contributed by atoms with E-state index in [0.717, 1.165) is 11.1 Å². The first kappa shape index (κ1) is 16.4. The number of aliphatic hydroxyl groups excluding tert-OH is 1. The number of carbonyl (C=O) groups is 2. The quantitative estimate of drug-likeness (QED) is 0.674. The Labute approximate surface area is 156 Å².